The van der Waals surface area contributed by atoms with E-state index in [2.05, 4.69) is 5.32 Å². The molecule has 0 atom stereocenters. The number of halogens is 2. The number of carbonyl (C=O) groups excluding carboxylic acids is 1. The zero-order valence-electron chi connectivity index (χ0n) is 16.8. The first-order chi connectivity index (χ1) is 14.7. The number of hydrogen-bond acceptors (Lipinski definition) is 4. The number of hydrogen-bond donors (Lipinski definition) is 1. The second kappa shape index (κ2) is 9.36. The molecule has 0 radical (unpaired) electrons. The number of sulfonamides is 1. The third kappa shape index (κ3) is 5.34. The molecule has 162 valence electrons. The van der Waals surface area contributed by atoms with Crippen molar-refractivity contribution in [2.45, 2.75) is 11.8 Å². The summed E-state index contributed by atoms with van der Waals surface area (Å²) in [5.74, 6) is -0.697. The molecule has 3 aromatic rings. The highest BCUT2D eigenvalue weighted by atomic mass is 35.5. The van der Waals surface area contributed by atoms with Gasteiger partial charge in [-0.05, 0) is 61.5 Å². The van der Waals surface area contributed by atoms with Crippen molar-refractivity contribution in [3.63, 3.8) is 0 Å². The van der Waals surface area contributed by atoms with Gasteiger partial charge >= 0.3 is 0 Å². The van der Waals surface area contributed by atoms with Crippen molar-refractivity contribution in [3.05, 3.63) is 83.1 Å². The molecule has 0 unspecified atom stereocenters. The molecule has 0 fully saturated rings. The van der Waals surface area contributed by atoms with E-state index in [9.17, 15) is 17.6 Å². The third-order valence-electron chi connectivity index (χ3n) is 4.46. The van der Waals surface area contributed by atoms with E-state index >= 15 is 0 Å². The van der Waals surface area contributed by atoms with Gasteiger partial charge in [0.1, 0.15) is 18.1 Å². The number of anilines is 2. The average molecular weight is 463 g/mol. The summed E-state index contributed by atoms with van der Waals surface area (Å²) < 4.78 is 46.1. The van der Waals surface area contributed by atoms with Crippen molar-refractivity contribution in [1.29, 1.82) is 0 Å². The maximum absolute atomic E-state index is 13.4. The first-order valence-corrected chi connectivity index (χ1v) is 11.0. The molecule has 0 aliphatic rings. The number of amides is 1. The summed E-state index contributed by atoms with van der Waals surface area (Å²) in [5, 5.41) is 2.39. The number of carbonyl (C=O) groups is 1. The van der Waals surface area contributed by atoms with Crippen molar-refractivity contribution in [2.75, 3.05) is 23.3 Å². The summed E-state index contributed by atoms with van der Waals surface area (Å²) in [6.45, 7) is 1.34. The minimum absolute atomic E-state index is 0.0477. The fourth-order valence-corrected chi connectivity index (χ4v) is 4.41. The number of nitrogens with zero attached hydrogens (tertiary/aromatic N) is 1. The van der Waals surface area contributed by atoms with E-state index in [0.29, 0.717) is 5.75 Å². The van der Waals surface area contributed by atoms with Crippen LogP contribution in [0.2, 0.25) is 5.02 Å². The number of benzene rings is 3. The van der Waals surface area contributed by atoms with Crippen LogP contribution in [0.15, 0.2) is 71.6 Å². The van der Waals surface area contributed by atoms with Crippen molar-refractivity contribution in [2.24, 2.45) is 0 Å². The molecule has 1 amide bonds. The molecule has 1 N–H and O–H groups in total. The predicted octanol–water partition coefficient (Wildman–Crippen LogP) is 4.63. The number of nitrogens with one attached hydrogen (secondary N) is 1. The van der Waals surface area contributed by atoms with E-state index in [1.807, 2.05) is 6.92 Å². The van der Waals surface area contributed by atoms with E-state index in [1.54, 1.807) is 36.4 Å². The van der Waals surface area contributed by atoms with Gasteiger partial charge < -0.3 is 10.1 Å². The minimum atomic E-state index is -4.05. The van der Waals surface area contributed by atoms with E-state index in [1.165, 1.54) is 31.4 Å². The Morgan fingerprint density at radius 2 is 1.71 bits per heavy atom. The summed E-state index contributed by atoms with van der Waals surface area (Å²) in [6.07, 6.45) is 0. The molecule has 31 heavy (non-hydrogen) atoms. The van der Waals surface area contributed by atoms with Gasteiger partial charge in [0.25, 0.3) is 10.0 Å². The van der Waals surface area contributed by atoms with Crippen LogP contribution in [0.25, 0.3) is 0 Å². The van der Waals surface area contributed by atoms with Gasteiger partial charge in [-0.25, -0.2) is 12.8 Å². The Bertz CT molecular complexity index is 1180. The first-order valence-electron chi connectivity index (χ1n) is 9.19. The summed E-state index contributed by atoms with van der Waals surface area (Å²) in [7, 11) is -2.55. The average Bonchev–Trinajstić information content (AvgIpc) is 2.75. The van der Waals surface area contributed by atoms with Gasteiger partial charge in [-0.15, -0.1) is 0 Å². The lowest BCUT2D eigenvalue weighted by Gasteiger charge is -2.24. The van der Waals surface area contributed by atoms with E-state index < -0.39 is 28.3 Å². The molecule has 6 nitrogen and oxygen atoms in total. The predicted molar refractivity (Wildman–Crippen MR) is 119 cm³/mol. The lowest BCUT2D eigenvalue weighted by molar-refractivity contribution is -0.114. The van der Waals surface area contributed by atoms with Crippen LogP contribution in [0.5, 0.6) is 5.75 Å². The van der Waals surface area contributed by atoms with Crippen LogP contribution < -0.4 is 14.4 Å². The van der Waals surface area contributed by atoms with Gasteiger partial charge in [-0.2, -0.15) is 0 Å². The van der Waals surface area contributed by atoms with E-state index in [0.717, 1.165) is 15.9 Å². The molecule has 0 spiro atoms. The Labute approximate surface area is 185 Å². The molecule has 0 aliphatic carbocycles. The second-order valence-electron chi connectivity index (χ2n) is 6.70. The van der Waals surface area contributed by atoms with Crippen LogP contribution >= 0.6 is 11.6 Å². The molecule has 0 aromatic heterocycles. The van der Waals surface area contributed by atoms with Gasteiger partial charge in [-0.1, -0.05) is 29.3 Å². The highest BCUT2D eigenvalue weighted by Gasteiger charge is 2.27. The normalized spacial score (nSPS) is 11.1. The van der Waals surface area contributed by atoms with Crippen LogP contribution in [0, 0.1) is 12.7 Å². The highest BCUT2D eigenvalue weighted by molar-refractivity contribution is 7.92. The fourth-order valence-electron chi connectivity index (χ4n) is 2.81. The van der Waals surface area contributed by atoms with Crippen LogP contribution in [0.1, 0.15) is 5.56 Å². The van der Waals surface area contributed by atoms with Gasteiger partial charge in [0.05, 0.1) is 22.7 Å². The van der Waals surface area contributed by atoms with E-state index in [4.69, 9.17) is 16.3 Å². The number of aryl methyl sites for hydroxylation is 1. The maximum atomic E-state index is 13.4. The number of rotatable bonds is 7. The van der Waals surface area contributed by atoms with Gasteiger partial charge in [0.2, 0.25) is 5.91 Å². The van der Waals surface area contributed by atoms with Crippen LogP contribution in [-0.4, -0.2) is 28.0 Å². The van der Waals surface area contributed by atoms with Crippen LogP contribution in [0.4, 0.5) is 15.8 Å². The lowest BCUT2D eigenvalue weighted by Crippen LogP contribution is -2.38. The Morgan fingerprint density at radius 3 is 2.29 bits per heavy atom. The van der Waals surface area contributed by atoms with Gasteiger partial charge in [0.15, 0.2) is 0 Å². The van der Waals surface area contributed by atoms with Crippen molar-refractivity contribution in [3.8, 4) is 5.75 Å². The molecule has 0 heterocycles. The van der Waals surface area contributed by atoms with E-state index in [-0.39, 0.29) is 21.3 Å². The minimum Gasteiger partial charge on any atom is -0.497 e. The van der Waals surface area contributed by atoms with Crippen molar-refractivity contribution >= 4 is 38.9 Å². The SMILES string of the molecule is COc1ccc(N(CC(=O)Nc2ccc(F)c(Cl)c2)S(=O)(=O)c2ccc(C)cc2)cc1. The second-order valence-corrected chi connectivity index (χ2v) is 8.97. The lowest BCUT2D eigenvalue weighted by atomic mass is 10.2. The Balaban J connectivity index is 1.93. The Morgan fingerprint density at radius 1 is 1.06 bits per heavy atom. The molecule has 0 aliphatic heterocycles. The fraction of sp³-hybridized carbons (Fsp3) is 0.136. The topological polar surface area (TPSA) is 75.7 Å². The van der Waals surface area contributed by atoms with Gasteiger partial charge in [-0.3, -0.25) is 9.10 Å². The summed E-state index contributed by atoms with van der Waals surface area (Å²) >= 11 is 5.75. The monoisotopic (exact) mass is 462 g/mol. The van der Waals surface area contributed by atoms with Gasteiger partial charge in [0, 0.05) is 5.69 Å². The van der Waals surface area contributed by atoms with Crippen molar-refractivity contribution < 1.29 is 22.3 Å². The van der Waals surface area contributed by atoms with Crippen LogP contribution in [-0.2, 0) is 14.8 Å². The maximum Gasteiger partial charge on any atom is 0.264 e. The molecular formula is C22H20ClFN2O4S. The smallest absolute Gasteiger partial charge is 0.264 e. The largest absolute Gasteiger partial charge is 0.497 e. The molecule has 0 saturated heterocycles. The molecule has 9 heteroatoms. The summed E-state index contributed by atoms with van der Waals surface area (Å²) in [4.78, 5) is 12.7. The number of methoxy groups -OCH3 is 1. The summed E-state index contributed by atoms with van der Waals surface area (Å²) in [5.41, 5.74) is 1.44. The quantitative estimate of drug-likeness (QED) is 0.555. The zero-order valence-corrected chi connectivity index (χ0v) is 18.4. The highest BCUT2D eigenvalue weighted by Crippen LogP contribution is 2.26. The Hall–Kier alpha value is -3.10. The van der Waals surface area contributed by atoms with Crippen molar-refractivity contribution in [1.82, 2.24) is 0 Å². The zero-order chi connectivity index (χ0) is 22.6. The summed E-state index contributed by atoms with van der Waals surface area (Å²) in [6, 6.07) is 16.3. The Kier molecular flexibility index (Phi) is 6.82. The molecule has 3 aromatic carbocycles. The third-order valence-corrected chi connectivity index (χ3v) is 6.54. The molecule has 0 bridgehead atoms. The molecule has 0 saturated carbocycles. The first kappa shape index (κ1) is 22.6. The molecular weight excluding hydrogens is 443 g/mol. The molecule has 3 rings (SSSR count). The number of ether oxygens (including phenoxy) is 1. The van der Waals surface area contributed by atoms with Crippen LogP contribution in [0.3, 0.4) is 0 Å². The standard InChI is InChI=1S/C22H20ClFN2O4S/c1-15-3-10-19(11-4-15)31(28,29)26(17-6-8-18(30-2)9-7-17)14-22(27)25-16-5-12-21(24)20(23)13-16/h3-13H,14H2,1-2H3,(H,25,27).